The molecule has 0 amide bonds. The first kappa shape index (κ1) is 23.1. The number of rotatable bonds is 4. The number of halogens is 6. The van der Waals surface area contributed by atoms with Crippen LogP contribution in [0.1, 0.15) is 11.1 Å². The van der Waals surface area contributed by atoms with Gasteiger partial charge in [0.05, 0.1) is 21.2 Å². The van der Waals surface area contributed by atoms with Gasteiger partial charge in [-0.3, -0.25) is 0 Å². The zero-order valence-corrected chi connectivity index (χ0v) is 18.1. The molecule has 0 saturated carbocycles. The Balaban J connectivity index is 2.65. The van der Waals surface area contributed by atoms with E-state index in [1.165, 1.54) is 22.7 Å². The lowest BCUT2D eigenvalue weighted by Crippen LogP contribution is -2.07. The van der Waals surface area contributed by atoms with Gasteiger partial charge in [-0.1, -0.05) is 23.2 Å². The summed E-state index contributed by atoms with van der Waals surface area (Å²) in [5.74, 6) is 0. The SMILES string of the molecule is CSc1nn(-c2c(Cl)cc(C(F)(F)F)cc2Cl)c(Br)c1C=NC(C#N)=C(N)C#N. The number of thioether (sulfide) groups is 1. The first-order valence-electron chi connectivity index (χ1n) is 7.28. The Morgan fingerprint density at radius 2 is 1.90 bits per heavy atom. The van der Waals surface area contributed by atoms with Crippen molar-refractivity contribution in [3.05, 3.63) is 49.3 Å². The maximum Gasteiger partial charge on any atom is 0.416 e. The quantitative estimate of drug-likeness (QED) is 0.332. The normalized spacial score (nSPS) is 12.6. The summed E-state index contributed by atoms with van der Waals surface area (Å²) in [6.45, 7) is 0. The van der Waals surface area contributed by atoms with Gasteiger partial charge in [-0.15, -0.1) is 11.8 Å². The van der Waals surface area contributed by atoms with E-state index in [4.69, 9.17) is 39.5 Å². The van der Waals surface area contributed by atoms with Crippen LogP contribution in [0.25, 0.3) is 5.69 Å². The van der Waals surface area contributed by atoms with Crippen molar-refractivity contribution >= 4 is 57.1 Å². The zero-order chi connectivity index (χ0) is 21.9. The Morgan fingerprint density at radius 1 is 1.31 bits per heavy atom. The Kier molecular flexibility index (Phi) is 7.25. The number of nitrogens with two attached hydrogens (primary N) is 1. The van der Waals surface area contributed by atoms with Crippen molar-refractivity contribution in [1.82, 2.24) is 9.78 Å². The van der Waals surface area contributed by atoms with E-state index in [1.54, 1.807) is 18.4 Å². The topological polar surface area (TPSA) is 104 Å². The highest BCUT2D eigenvalue weighted by Crippen LogP contribution is 2.39. The Morgan fingerprint density at radius 3 is 2.34 bits per heavy atom. The van der Waals surface area contributed by atoms with Crippen molar-refractivity contribution in [3.8, 4) is 17.8 Å². The van der Waals surface area contributed by atoms with Crippen LogP contribution in [0.2, 0.25) is 10.0 Å². The van der Waals surface area contributed by atoms with E-state index in [1.807, 2.05) is 0 Å². The van der Waals surface area contributed by atoms with Gasteiger partial charge in [0, 0.05) is 6.21 Å². The zero-order valence-electron chi connectivity index (χ0n) is 14.2. The smallest absolute Gasteiger partial charge is 0.388 e. The van der Waals surface area contributed by atoms with Gasteiger partial charge >= 0.3 is 6.18 Å². The molecule has 0 radical (unpaired) electrons. The highest BCUT2D eigenvalue weighted by Gasteiger charge is 2.32. The molecule has 0 fully saturated rings. The van der Waals surface area contributed by atoms with E-state index in [0.717, 1.165) is 12.1 Å². The van der Waals surface area contributed by atoms with Crippen molar-refractivity contribution in [2.75, 3.05) is 6.26 Å². The van der Waals surface area contributed by atoms with E-state index in [-0.39, 0.29) is 31.7 Å². The Labute approximate surface area is 185 Å². The molecule has 1 heterocycles. The van der Waals surface area contributed by atoms with Gasteiger partial charge < -0.3 is 5.73 Å². The lowest BCUT2D eigenvalue weighted by atomic mass is 10.2. The summed E-state index contributed by atoms with van der Waals surface area (Å²) in [4.78, 5) is 3.89. The van der Waals surface area contributed by atoms with Gasteiger partial charge in [-0.2, -0.15) is 28.8 Å². The summed E-state index contributed by atoms with van der Waals surface area (Å²) < 4.78 is 40.3. The number of aromatic nitrogens is 2. The third-order valence-electron chi connectivity index (χ3n) is 3.38. The van der Waals surface area contributed by atoms with Crippen LogP contribution in [-0.2, 0) is 6.18 Å². The molecule has 2 aromatic rings. The average Bonchev–Trinajstić information content (AvgIpc) is 2.96. The summed E-state index contributed by atoms with van der Waals surface area (Å²) in [6, 6.07) is 4.80. The van der Waals surface area contributed by atoms with Crippen LogP contribution in [0.5, 0.6) is 0 Å². The molecule has 0 aliphatic carbocycles. The number of nitrogens with zero attached hydrogens (tertiary/aromatic N) is 5. The molecule has 6 nitrogen and oxygen atoms in total. The second kappa shape index (κ2) is 9.09. The molecule has 13 heteroatoms. The van der Waals surface area contributed by atoms with Gasteiger partial charge in [-0.25, -0.2) is 9.67 Å². The number of allylic oxidation sites excluding steroid dienone is 2. The van der Waals surface area contributed by atoms with Crippen molar-refractivity contribution in [2.45, 2.75) is 11.2 Å². The fourth-order valence-corrected chi connectivity index (χ4v) is 3.93. The second-order valence-electron chi connectivity index (χ2n) is 5.16. The number of hydrogen-bond donors (Lipinski definition) is 1. The summed E-state index contributed by atoms with van der Waals surface area (Å²) in [5.41, 5.74) is 4.14. The minimum atomic E-state index is -4.61. The van der Waals surface area contributed by atoms with Gasteiger partial charge in [-0.05, 0) is 34.3 Å². The molecule has 2 N–H and O–H groups in total. The number of benzene rings is 1. The Bertz CT molecular complexity index is 1090. The number of nitriles is 2. The monoisotopic (exact) mass is 522 g/mol. The van der Waals surface area contributed by atoms with E-state index in [9.17, 15) is 13.2 Å². The van der Waals surface area contributed by atoms with Crippen LogP contribution in [0.4, 0.5) is 13.2 Å². The van der Waals surface area contributed by atoms with E-state index < -0.39 is 11.7 Å². The van der Waals surface area contributed by atoms with Gasteiger partial charge in [0.25, 0.3) is 0 Å². The molecule has 0 bridgehead atoms. The maximum atomic E-state index is 13.0. The largest absolute Gasteiger partial charge is 0.416 e. The minimum Gasteiger partial charge on any atom is -0.388 e. The fourth-order valence-electron chi connectivity index (χ4n) is 2.07. The lowest BCUT2D eigenvalue weighted by Gasteiger charge is -2.13. The van der Waals surface area contributed by atoms with Crippen molar-refractivity contribution in [1.29, 1.82) is 10.5 Å². The first-order chi connectivity index (χ1) is 13.5. The fraction of sp³-hybridized carbons (Fsp3) is 0.125. The summed E-state index contributed by atoms with van der Waals surface area (Å²) in [6.07, 6.45) is -1.67. The molecule has 0 atom stereocenters. The van der Waals surface area contributed by atoms with Gasteiger partial charge in [0.15, 0.2) is 5.70 Å². The Hall–Kier alpha value is -2.18. The van der Waals surface area contributed by atoms with E-state index >= 15 is 0 Å². The number of alkyl halides is 3. The van der Waals surface area contributed by atoms with Crippen LogP contribution < -0.4 is 5.73 Å². The van der Waals surface area contributed by atoms with Crippen LogP contribution >= 0.6 is 50.9 Å². The molecule has 29 heavy (non-hydrogen) atoms. The maximum absolute atomic E-state index is 13.0. The third-order valence-corrected chi connectivity index (χ3v) is 5.41. The van der Waals surface area contributed by atoms with Crippen molar-refractivity contribution < 1.29 is 13.2 Å². The molecule has 0 aliphatic rings. The molecule has 2 rings (SSSR count). The summed E-state index contributed by atoms with van der Waals surface area (Å²) in [7, 11) is 0. The molecule has 0 spiro atoms. The van der Waals surface area contributed by atoms with Gasteiger partial charge in [0.1, 0.15) is 33.2 Å². The molecular weight excluding hydrogens is 516 g/mol. The standard InChI is InChI=1S/C16H8BrCl2F3N6S/c1-29-15-8(6-26-12(5-24)11(25)4-23)14(17)28(27-15)13-9(18)2-7(3-10(13)19)16(20,21)22/h2-3,6H,25H2,1H3. The molecule has 1 aromatic carbocycles. The summed E-state index contributed by atoms with van der Waals surface area (Å²) >= 11 is 16.6. The minimum absolute atomic E-state index is 0.0238. The molecule has 150 valence electrons. The lowest BCUT2D eigenvalue weighted by molar-refractivity contribution is -0.137. The molecule has 0 saturated heterocycles. The van der Waals surface area contributed by atoms with Gasteiger partial charge in [0.2, 0.25) is 0 Å². The second-order valence-corrected chi connectivity index (χ2v) is 7.52. The molecule has 0 aliphatic heterocycles. The van der Waals surface area contributed by atoms with Crippen LogP contribution in [0.3, 0.4) is 0 Å². The van der Waals surface area contributed by atoms with Crippen LogP contribution in [0, 0.1) is 22.7 Å². The highest BCUT2D eigenvalue weighted by molar-refractivity contribution is 9.10. The highest BCUT2D eigenvalue weighted by atomic mass is 79.9. The van der Waals surface area contributed by atoms with Crippen molar-refractivity contribution in [2.24, 2.45) is 10.7 Å². The van der Waals surface area contributed by atoms with E-state index in [0.29, 0.717) is 10.6 Å². The number of hydrogen-bond acceptors (Lipinski definition) is 6. The van der Waals surface area contributed by atoms with Crippen LogP contribution in [0.15, 0.2) is 38.1 Å². The molecule has 0 unspecified atom stereocenters. The molecule has 1 aromatic heterocycles. The molecular formula is C16H8BrCl2F3N6S. The van der Waals surface area contributed by atoms with Crippen molar-refractivity contribution in [3.63, 3.8) is 0 Å². The predicted octanol–water partition coefficient (Wildman–Crippen LogP) is 5.32. The van der Waals surface area contributed by atoms with E-state index in [2.05, 4.69) is 26.0 Å². The van der Waals surface area contributed by atoms with Crippen LogP contribution in [-0.4, -0.2) is 22.3 Å². The summed E-state index contributed by atoms with van der Waals surface area (Å²) in [5, 5.41) is 22.0. The third kappa shape index (κ3) is 4.87. The predicted molar refractivity (Wildman–Crippen MR) is 108 cm³/mol. The number of aliphatic imine (C=N–C) groups is 1. The average molecular weight is 524 g/mol. The first-order valence-corrected chi connectivity index (χ1v) is 10.1.